The molecule has 2 aliphatic heterocycles. The number of phenolic OH excluding ortho intramolecular Hbond substituents is 2. The Bertz CT molecular complexity index is 1550. The maximum atomic E-state index is 13.0. The third-order valence-corrected chi connectivity index (χ3v) is 7.34. The molecule has 44 heavy (non-hydrogen) atoms. The molecular weight excluding hydrogens is 596 g/mol. The predicted octanol–water partition coefficient (Wildman–Crippen LogP) is -3.07. The van der Waals surface area contributed by atoms with E-state index in [0.717, 1.165) is 24.3 Å². The first-order chi connectivity index (χ1) is 20.9. The van der Waals surface area contributed by atoms with E-state index in [1.165, 1.54) is 6.07 Å². The zero-order chi connectivity index (χ0) is 32.0. The molecule has 0 radical (unpaired) electrons. The van der Waals surface area contributed by atoms with E-state index in [4.69, 9.17) is 23.4 Å². The molecule has 0 amide bonds. The Hall–Kier alpha value is -3.75. The number of fused-ring (bicyclic) bond motifs is 1. The van der Waals surface area contributed by atoms with E-state index in [-0.39, 0.29) is 16.9 Å². The summed E-state index contributed by atoms with van der Waals surface area (Å²) >= 11 is 0. The number of hydrogen-bond donors (Lipinski definition) is 11. The minimum absolute atomic E-state index is 0.0707. The molecule has 0 bridgehead atoms. The molecule has 2 fully saturated rings. The molecule has 11 N–H and O–H groups in total. The fourth-order valence-electron chi connectivity index (χ4n) is 4.87. The Balaban J connectivity index is 1.48. The lowest BCUT2D eigenvalue weighted by molar-refractivity contribution is -0.277. The van der Waals surface area contributed by atoms with Crippen LogP contribution in [0.3, 0.4) is 0 Å². The van der Waals surface area contributed by atoms with Crippen LogP contribution in [0.25, 0.3) is 22.3 Å². The second-order valence-corrected chi connectivity index (χ2v) is 10.2. The molecule has 0 spiro atoms. The lowest BCUT2D eigenvalue weighted by atomic mass is 9.99. The number of aliphatic hydroxyl groups is 8. The molecule has 10 atom stereocenters. The van der Waals surface area contributed by atoms with Gasteiger partial charge in [-0.1, -0.05) is 0 Å². The largest absolute Gasteiger partial charge is 0.507 e. The average Bonchev–Trinajstić information content (AvgIpc) is 3.00. The zero-order valence-electron chi connectivity index (χ0n) is 22.4. The van der Waals surface area contributed by atoms with Gasteiger partial charge in [0.2, 0.25) is 23.8 Å². The van der Waals surface area contributed by atoms with Gasteiger partial charge in [-0.3, -0.25) is 4.79 Å². The van der Waals surface area contributed by atoms with E-state index >= 15 is 0 Å². The molecule has 3 aromatic rings. The number of phenols is 2. The molecule has 17 nitrogen and oxygen atoms in total. The predicted molar refractivity (Wildman–Crippen MR) is 142 cm³/mol. The van der Waals surface area contributed by atoms with E-state index in [2.05, 4.69) is 0 Å². The van der Waals surface area contributed by atoms with Crippen LogP contribution in [0, 0.1) is 0 Å². The van der Waals surface area contributed by atoms with Crippen molar-refractivity contribution >= 4 is 11.0 Å². The Morgan fingerprint density at radius 1 is 0.682 bits per heavy atom. The summed E-state index contributed by atoms with van der Waals surface area (Å²) in [6.45, 7) is -1.46. The van der Waals surface area contributed by atoms with Crippen LogP contribution in [0.1, 0.15) is 0 Å². The number of aliphatic hydroxyl groups excluding tert-OH is 8. The number of rotatable bonds is 7. The molecule has 2 aromatic carbocycles. The van der Waals surface area contributed by atoms with Crippen molar-refractivity contribution in [2.45, 2.75) is 61.4 Å². The molecule has 1 aromatic heterocycles. The monoisotopic (exact) mass is 626 g/mol. The SMILES string of the molecule is O=c1c(O)c(-c2ccc(O)c(OC3O[C@H](CO)[C@@H](O)[C@H](O)[C@H]3O)c2)oc2cc(OC3O[C@H](CO)[C@@H](O)[C@H](O)[C@H]3O)cc(O)c12. The smallest absolute Gasteiger partial charge is 0.238 e. The van der Waals surface area contributed by atoms with Gasteiger partial charge in [0.05, 0.1) is 13.2 Å². The number of benzene rings is 2. The van der Waals surface area contributed by atoms with Gasteiger partial charge in [-0.2, -0.15) is 0 Å². The molecule has 2 saturated heterocycles. The van der Waals surface area contributed by atoms with Gasteiger partial charge < -0.3 is 79.5 Å². The topological polar surface area (TPSA) is 290 Å². The number of ether oxygens (including phenoxy) is 4. The van der Waals surface area contributed by atoms with E-state index in [9.17, 15) is 61.0 Å². The van der Waals surface area contributed by atoms with E-state index in [1.54, 1.807) is 0 Å². The van der Waals surface area contributed by atoms with Crippen molar-refractivity contribution < 1.29 is 79.5 Å². The minimum atomic E-state index is -1.81. The van der Waals surface area contributed by atoms with Gasteiger partial charge in [0, 0.05) is 17.7 Å². The van der Waals surface area contributed by atoms with Crippen molar-refractivity contribution in [3.63, 3.8) is 0 Å². The Morgan fingerprint density at radius 2 is 1.25 bits per heavy atom. The summed E-state index contributed by atoms with van der Waals surface area (Å²) in [4.78, 5) is 13.0. The van der Waals surface area contributed by atoms with Gasteiger partial charge in [-0.25, -0.2) is 0 Å². The van der Waals surface area contributed by atoms with Crippen LogP contribution in [-0.2, 0) is 9.47 Å². The van der Waals surface area contributed by atoms with Crippen molar-refractivity contribution in [1.82, 2.24) is 0 Å². The van der Waals surface area contributed by atoms with Gasteiger partial charge in [0.1, 0.15) is 71.3 Å². The third kappa shape index (κ3) is 5.61. The highest BCUT2D eigenvalue weighted by molar-refractivity contribution is 5.88. The van der Waals surface area contributed by atoms with Crippen molar-refractivity contribution in [3.8, 4) is 40.1 Å². The first-order valence-electron chi connectivity index (χ1n) is 13.2. The summed E-state index contributed by atoms with van der Waals surface area (Å²) in [6.07, 6.45) is -16.3. The Morgan fingerprint density at radius 3 is 1.82 bits per heavy atom. The molecule has 240 valence electrons. The molecule has 3 heterocycles. The van der Waals surface area contributed by atoms with Crippen LogP contribution in [0.2, 0.25) is 0 Å². The lowest BCUT2D eigenvalue weighted by Gasteiger charge is -2.39. The highest BCUT2D eigenvalue weighted by Gasteiger charge is 2.46. The Kier molecular flexibility index (Phi) is 8.87. The third-order valence-electron chi connectivity index (χ3n) is 7.34. The first kappa shape index (κ1) is 31.7. The van der Waals surface area contributed by atoms with E-state index < -0.39 is 114 Å². The fraction of sp³-hybridized carbons (Fsp3) is 0.444. The number of aromatic hydroxyl groups is 3. The Labute approximate surface area is 246 Å². The van der Waals surface area contributed by atoms with Crippen LogP contribution in [0.15, 0.2) is 39.5 Å². The van der Waals surface area contributed by atoms with Crippen LogP contribution in [0.4, 0.5) is 0 Å². The minimum Gasteiger partial charge on any atom is -0.507 e. The average molecular weight is 627 g/mol. The summed E-state index contributed by atoms with van der Waals surface area (Å²) < 4.78 is 27.2. The lowest BCUT2D eigenvalue weighted by Crippen LogP contribution is -2.60. The molecular formula is C27H30O17. The van der Waals surface area contributed by atoms with Crippen molar-refractivity contribution in [3.05, 3.63) is 40.6 Å². The molecule has 2 unspecified atom stereocenters. The summed E-state index contributed by atoms with van der Waals surface area (Å²) in [7, 11) is 0. The van der Waals surface area contributed by atoms with Crippen LogP contribution < -0.4 is 14.9 Å². The molecule has 17 heteroatoms. The molecule has 2 aliphatic rings. The summed E-state index contributed by atoms with van der Waals surface area (Å²) in [5, 5.41) is 110. The van der Waals surface area contributed by atoms with E-state index in [0.29, 0.717) is 0 Å². The van der Waals surface area contributed by atoms with Gasteiger partial charge in [0.15, 0.2) is 17.3 Å². The summed E-state index contributed by atoms with van der Waals surface area (Å²) in [6, 6.07) is 5.40. The second kappa shape index (κ2) is 12.3. The summed E-state index contributed by atoms with van der Waals surface area (Å²) in [5.41, 5.74) is -1.49. The van der Waals surface area contributed by atoms with Crippen LogP contribution >= 0.6 is 0 Å². The first-order valence-corrected chi connectivity index (χ1v) is 13.2. The fourth-order valence-corrected chi connectivity index (χ4v) is 4.87. The van der Waals surface area contributed by atoms with Crippen molar-refractivity contribution in [2.75, 3.05) is 13.2 Å². The maximum absolute atomic E-state index is 13.0. The maximum Gasteiger partial charge on any atom is 0.238 e. The normalized spacial score (nSPS) is 32.5. The summed E-state index contributed by atoms with van der Waals surface area (Å²) in [5.74, 6) is -3.31. The van der Waals surface area contributed by atoms with Crippen molar-refractivity contribution in [2.24, 2.45) is 0 Å². The molecule has 0 saturated carbocycles. The van der Waals surface area contributed by atoms with Crippen LogP contribution in [0.5, 0.6) is 28.7 Å². The van der Waals surface area contributed by atoms with Crippen molar-refractivity contribution in [1.29, 1.82) is 0 Å². The van der Waals surface area contributed by atoms with Crippen LogP contribution in [-0.4, -0.2) is 131 Å². The van der Waals surface area contributed by atoms with Gasteiger partial charge in [0.25, 0.3) is 0 Å². The number of hydrogen-bond acceptors (Lipinski definition) is 17. The highest BCUT2D eigenvalue weighted by Crippen LogP contribution is 2.40. The molecule has 5 rings (SSSR count). The van der Waals surface area contributed by atoms with Gasteiger partial charge in [-0.15, -0.1) is 0 Å². The highest BCUT2D eigenvalue weighted by atomic mass is 16.7. The standard InChI is InChI=1S/C27H30O17/c28-6-14-17(32)20(35)23(38)26(43-14)40-9-4-11(31)16-13(5-9)41-25(22(37)19(16)34)8-1-2-10(30)12(3-8)42-27-24(39)21(36)18(33)15(7-29)44-27/h1-5,14-15,17-18,20-21,23-24,26-33,35-39H,6-7H2/t14-,15-,17-,18-,20+,21+,23-,24-,26?,27?/m1/s1. The zero-order valence-corrected chi connectivity index (χ0v) is 22.4. The van der Waals surface area contributed by atoms with Gasteiger partial charge >= 0.3 is 0 Å². The van der Waals surface area contributed by atoms with Gasteiger partial charge in [-0.05, 0) is 18.2 Å². The molecule has 0 aliphatic carbocycles. The quantitative estimate of drug-likeness (QED) is 0.124. The second-order valence-electron chi connectivity index (χ2n) is 10.2. The van der Waals surface area contributed by atoms with E-state index in [1.807, 2.05) is 0 Å².